The van der Waals surface area contributed by atoms with Gasteiger partial charge in [-0.3, -0.25) is 9.59 Å². The summed E-state index contributed by atoms with van der Waals surface area (Å²) in [4.78, 5) is 30.2. The predicted molar refractivity (Wildman–Crippen MR) is 94.3 cm³/mol. The molecule has 0 unspecified atom stereocenters. The summed E-state index contributed by atoms with van der Waals surface area (Å²) in [6, 6.07) is 7.02. The average Bonchev–Trinajstić information content (AvgIpc) is 3.21. The van der Waals surface area contributed by atoms with Gasteiger partial charge < -0.3 is 14.7 Å². The molecule has 1 aliphatic heterocycles. The number of ether oxygens (including phenoxy) is 1. The number of carboxylic acid groups (broad SMARTS) is 1. The number of hydrogen-bond donors (Lipinski definition) is 1. The van der Waals surface area contributed by atoms with Crippen molar-refractivity contribution in [3.8, 4) is 5.75 Å². The summed E-state index contributed by atoms with van der Waals surface area (Å²) in [6.45, 7) is 2.75. The standard InChI is InChI=1S/C17H17ClN2O4S/c1-10-15(16(21)20-7-6-11(8-20)17(22)23)25-14(19-10)9-24-13-4-2-12(18)3-5-13/h2-5,11H,6-9H2,1H3,(H,22,23)/t11-/m1/s1. The number of aryl methyl sites for hydroxylation is 1. The van der Waals surface area contributed by atoms with Crippen molar-refractivity contribution in [1.82, 2.24) is 9.88 Å². The molecule has 1 aromatic heterocycles. The van der Waals surface area contributed by atoms with Gasteiger partial charge in [-0.2, -0.15) is 0 Å². The second-order valence-corrected chi connectivity index (χ2v) is 7.36. The van der Waals surface area contributed by atoms with E-state index in [1.54, 1.807) is 36.1 Å². The maximum absolute atomic E-state index is 12.6. The predicted octanol–water partition coefficient (Wildman–Crippen LogP) is 3.23. The first-order valence-corrected chi connectivity index (χ1v) is 9.00. The number of benzene rings is 1. The number of carboxylic acids is 1. The summed E-state index contributed by atoms with van der Waals surface area (Å²) >= 11 is 7.12. The number of hydrogen-bond acceptors (Lipinski definition) is 5. The van der Waals surface area contributed by atoms with Crippen molar-refractivity contribution in [3.63, 3.8) is 0 Å². The van der Waals surface area contributed by atoms with Gasteiger partial charge in [0.2, 0.25) is 0 Å². The normalized spacial score (nSPS) is 16.9. The second-order valence-electron chi connectivity index (χ2n) is 5.84. The summed E-state index contributed by atoms with van der Waals surface area (Å²) in [5, 5.41) is 10.4. The number of thiazole rings is 1. The van der Waals surface area contributed by atoms with Crippen molar-refractivity contribution in [1.29, 1.82) is 0 Å². The van der Waals surface area contributed by atoms with Crippen LogP contribution in [-0.2, 0) is 11.4 Å². The smallest absolute Gasteiger partial charge is 0.308 e. The van der Waals surface area contributed by atoms with Gasteiger partial charge in [0.15, 0.2) is 0 Å². The molecule has 0 radical (unpaired) electrons. The Morgan fingerprint density at radius 3 is 2.76 bits per heavy atom. The lowest BCUT2D eigenvalue weighted by atomic mass is 10.1. The lowest BCUT2D eigenvalue weighted by molar-refractivity contribution is -0.141. The molecule has 25 heavy (non-hydrogen) atoms. The topological polar surface area (TPSA) is 79.7 Å². The second kappa shape index (κ2) is 7.41. The van der Waals surface area contributed by atoms with Crippen LogP contribution in [0.5, 0.6) is 5.75 Å². The third kappa shape index (κ3) is 4.11. The van der Waals surface area contributed by atoms with Crippen molar-refractivity contribution in [3.05, 3.63) is 44.9 Å². The Labute approximate surface area is 154 Å². The molecule has 8 heteroatoms. The van der Waals surface area contributed by atoms with Crippen LogP contribution in [0.1, 0.15) is 26.8 Å². The number of rotatable bonds is 5. The van der Waals surface area contributed by atoms with Gasteiger partial charge in [0.05, 0.1) is 11.6 Å². The summed E-state index contributed by atoms with van der Waals surface area (Å²) in [5.41, 5.74) is 0.642. The van der Waals surface area contributed by atoms with E-state index in [2.05, 4.69) is 4.98 Å². The molecule has 2 aromatic rings. The van der Waals surface area contributed by atoms with Crippen molar-refractivity contribution in [2.75, 3.05) is 13.1 Å². The molecule has 1 N–H and O–H groups in total. The van der Waals surface area contributed by atoms with E-state index in [1.165, 1.54) is 11.3 Å². The van der Waals surface area contributed by atoms with E-state index in [9.17, 15) is 9.59 Å². The fourth-order valence-electron chi connectivity index (χ4n) is 2.68. The van der Waals surface area contributed by atoms with Gasteiger partial charge in [-0.25, -0.2) is 4.98 Å². The number of likely N-dealkylation sites (tertiary alicyclic amines) is 1. The van der Waals surface area contributed by atoms with Crippen molar-refractivity contribution < 1.29 is 19.4 Å². The zero-order chi connectivity index (χ0) is 18.0. The lowest BCUT2D eigenvalue weighted by Crippen LogP contribution is -2.29. The van der Waals surface area contributed by atoms with E-state index in [-0.39, 0.29) is 19.1 Å². The van der Waals surface area contributed by atoms with Crippen LogP contribution < -0.4 is 4.74 Å². The molecule has 6 nitrogen and oxygen atoms in total. The Balaban J connectivity index is 1.64. The van der Waals surface area contributed by atoms with Crippen molar-refractivity contribution >= 4 is 34.8 Å². The number of nitrogens with zero attached hydrogens (tertiary/aromatic N) is 2. The van der Waals surface area contributed by atoms with Crippen LogP contribution >= 0.6 is 22.9 Å². The highest BCUT2D eigenvalue weighted by molar-refractivity contribution is 7.13. The Kier molecular flexibility index (Phi) is 5.24. The number of carbonyl (C=O) groups excluding carboxylic acids is 1. The quantitative estimate of drug-likeness (QED) is 0.861. The Morgan fingerprint density at radius 2 is 2.12 bits per heavy atom. The van der Waals surface area contributed by atoms with Gasteiger partial charge in [-0.15, -0.1) is 11.3 Å². The van der Waals surface area contributed by atoms with Crippen LogP contribution in [0.3, 0.4) is 0 Å². The van der Waals surface area contributed by atoms with E-state index in [1.807, 2.05) is 0 Å². The number of amides is 1. The molecular weight excluding hydrogens is 364 g/mol. The van der Waals surface area contributed by atoms with Crippen LogP contribution in [0.25, 0.3) is 0 Å². The highest BCUT2D eigenvalue weighted by Crippen LogP contribution is 2.25. The molecule has 0 bridgehead atoms. The first kappa shape index (κ1) is 17.7. The molecule has 0 aliphatic carbocycles. The Morgan fingerprint density at radius 1 is 1.40 bits per heavy atom. The van der Waals surface area contributed by atoms with E-state index >= 15 is 0 Å². The third-order valence-corrected chi connectivity index (χ3v) is 5.41. The van der Waals surface area contributed by atoms with Gasteiger partial charge in [-0.05, 0) is 37.6 Å². The van der Waals surface area contributed by atoms with Crippen LogP contribution in [0.4, 0.5) is 0 Å². The van der Waals surface area contributed by atoms with E-state index in [0.717, 1.165) is 0 Å². The van der Waals surface area contributed by atoms with Crippen molar-refractivity contribution in [2.24, 2.45) is 5.92 Å². The van der Waals surface area contributed by atoms with Crippen LogP contribution in [-0.4, -0.2) is 40.0 Å². The minimum Gasteiger partial charge on any atom is -0.486 e. The fourth-order valence-corrected chi connectivity index (χ4v) is 3.75. The molecule has 3 rings (SSSR count). The zero-order valence-corrected chi connectivity index (χ0v) is 15.1. The number of aliphatic carboxylic acids is 1. The minimum absolute atomic E-state index is 0.156. The average molecular weight is 381 g/mol. The van der Waals surface area contributed by atoms with Gasteiger partial charge in [0.1, 0.15) is 22.2 Å². The molecular formula is C17H17ClN2O4S. The van der Waals surface area contributed by atoms with Crippen LogP contribution in [0.2, 0.25) is 5.02 Å². The summed E-state index contributed by atoms with van der Waals surface area (Å²) in [6.07, 6.45) is 0.492. The van der Waals surface area contributed by atoms with Crippen LogP contribution in [0, 0.1) is 12.8 Å². The van der Waals surface area contributed by atoms with E-state index < -0.39 is 11.9 Å². The molecule has 2 heterocycles. The lowest BCUT2D eigenvalue weighted by Gasteiger charge is -2.14. The minimum atomic E-state index is -0.853. The maximum atomic E-state index is 12.6. The molecule has 1 amide bonds. The van der Waals surface area contributed by atoms with Crippen molar-refractivity contribution in [2.45, 2.75) is 20.0 Å². The Bertz CT molecular complexity index is 790. The fraction of sp³-hybridized carbons (Fsp3) is 0.353. The monoisotopic (exact) mass is 380 g/mol. The van der Waals surface area contributed by atoms with Gasteiger partial charge in [-0.1, -0.05) is 11.6 Å². The summed E-state index contributed by atoms with van der Waals surface area (Å²) < 4.78 is 5.66. The van der Waals surface area contributed by atoms with Gasteiger partial charge in [0, 0.05) is 18.1 Å². The molecule has 0 spiro atoms. The first-order valence-electron chi connectivity index (χ1n) is 7.81. The van der Waals surface area contributed by atoms with E-state index in [4.69, 9.17) is 21.4 Å². The molecule has 0 saturated carbocycles. The molecule has 1 aromatic carbocycles. The highest BCUT2D eigenvalue weighted by atomic mass is 35.5. The molecule has 132 valence electrons. The van der Waals surface area contributed by atoms with Gasteiger partial charge >= 0.3 is 5.97 Å². The molecule has 1 aliphatic rings. The molecule has 1 saturated heterocycles. The number of aromatic nitrogens is 1. The summed E-state index contributed by atoms with van der Waals surface area (Å²) in [5.74, 6) is -0.816. The highest BCUT2D eigenvalue weighted by Gasteiger charge is 2.32. The molecule has 1 atom stereocenters. The summed E-state index contributed by atoms with van der Waals surface area (Å²) in [7, 11) is 0. The zero-order valence-electron chi connectivity index (χ0n) is 13.6. The van der Waals surface area contributed by atoms with Crippen LogP contribution in [0.15, 0.2) is 24.3 Å². The number of halogens is 1. The first-order chi connectivity index (χ1) is 11.9. The SMILES string of the molecule is Cc1nc(COc2ccc(Cl)cc2)sc1C(=O)N1CC[C@@H](C(=O)O)C1. The maximum Gasteiger partial charge on any atom is 0.308 e. The number of carbonyl (C=O) groups is 2. The van der Waals surface area contributed by atoms with Gasteiger partial charge in [0.25, 0.3) is 5.91 Å². The Hall–Kier alpha value is -2.12. The molecule has 1 fully saturated rings. The third-order valence-electron chi connectivity index (χ3n) is 4.04. The largest absolute Gasteiger partial charge is 0.486 e. The van der Waals surface area contributed by atoms with E-state index in [0.29, 0.717) is 39.3 Å².